The molecule has 0 radical (unpaired) electrons. The molecule has 1 heterocycles. The van der Waals surface area contributed by atoms with E-state index in [1.165, 1.54) is 6.92 Å². The van der Waals surface area contributed by atoms with Crippen molar-refractivity contribution in [3.63, 3.8) is 0 Å². The van der Waals surface area contributed by atoms with Gasteiger partial charge in [-0.3, -0.25) is 14.4 Å². The molecule has 6 heteroatoms. The quantitative estimate of drug-likeness (QED) is 0.649. The van der Waals surface area contributed by atoms with Gasteiger partial charge in [0.25, 0.3) is 5.91 Å². The standard InChI is InChI=1S/C19H28N2O4/c1-11-12(2)17(23)15(13(3)16(11)22)7-8-19(4,25)18(24)21-14-6-5-9-20-10-14/h14,20,25H,5-10H2,1-4H3,(H,21,24)/t14-,19+/m0/s1. The number of rotatable bonds is 5. The van der Waals surface area contributed by atoms with E-state index < -0.39 is 11.5 Å². The second kappa shape index (κ2) is 7.62. The van der Waals surface area contributed by atoms with Gasteiger partial charge < -0.3 is 15.7 Å². The Morgan fingerprint density at radius 2 is 1.84 bits per heavy atom. The summed E-state index contributed by atoms with van der Waals surface area (Å²) in [5.41, 5.74) is 0.155. The molecule has 3 N–H and O–H groups in total. The van der Waals surface area contributed by atoms with Crippen molar-refractivity contribution in [1.29, 1.82) is 0 Å². The molecule has 0 unspecified atom stereocenters. The maximum atomic E-state index is 12.4. The maximum absolute atomic E-state index is 12.4. The Bertz CT molecular complexity index is 652. The lowest BCUT2D eigenvalue weighted by atomic mass is 9.82. The Kier molecular flexibility index (Phi) is 5.95. The predicted octanol–water partition coefficient (Wildman–Crippen LogP) is 1.19. The van der Waals surface area contributed by atoms with Gasteiger partial charge in [-0.1, -0.05) is 0 Å². The van der Waals surface area contributed by atoms with Crippen LogP contribution < -0.4 is 10.6 Å². The molecule has 0 saturated carbocycles. The van der Waals surface area contributed by atoms with Crippen LogP contribution in [0.1, 0.15) is 53.4 Å². The van der Waals surface area contributed by atoms with E-state index in [2.05, 4.69) is 10.6 Å². The molecule has 0 aromatic carbocycles. The maximum Gasteiger partial charge on any atom is 0.251 e. The summed E-state index contributed by atoms with van der Waals surface area (Å²) in [5.74, 6) is -0.732. The molecule has 0 aromatic rings. The topological polar surface area (TPSA) is 95.5 Å². The minimum absolute atomic E-state index is 0.0133. The van der Waals surface area contributed by atoms with Gasteiger partial charge in [-0.2, -0.15) is 0 Å². The second-order valence-corrected chi connectivity index (χ2v) is 7.30. The molecular formula is C19H28N2O4. The molecule has 1 saturated heterocycles. The number of allylic oxidation sites excluding steroid dienone is 4. The first-order chi connectivity index (χ1) is 11.6. The molecule has 0 spiro atoms. The van der Waals surface area contributed by atoms with Gasteiger partial charge in [-0.15, -0.1) is 0 Å². The number of aliphatic hydroxyl groups is 1. The van der Waals surface area contributed by atoms with Crippen molar-refractivity contribution in [3.8, 4) is 0 Å². The third-order valence-corrected chi connectivity index (χ3v) is 5.29. The van der Waals surface area contributed by atoms with Crippen molar-refractivity contribution in [1.82, 2.24) is 10.6 Å². The molecule has 0 aromatic heterocycles. The summed E-state index contributed by atoms with van der Waals surface area (Å²) in [6, 6.07) is 0.0133. The van der Waals surface area contributed by atoms with Crippen molar-refractivity contribution < 1.29 is 19.5 Å². The highest BCUT2D eigenvalue weighted by molar-refractivity contribution is 6.24. The smallest absolute Gasteiger partial charge is 0.251 e. The van der Waals surface area contributed by atoms with Crippen LogP contribution in [0, 0.1) is 0 Å². The van der Waals surface area contributed by atoms with Crippen molar-refractivity contribution in [2.75, 3.05) is 13.1 Å². The molecular weight excluding hydrogens is 320 g/mol. The Morgan fingerprint density at radius 3 is 2.44 bits per heavy atom. The molecule has 25 heavy (non-hydrogen) atoms. The Labute approximate surface area is 148 Å². The number of nitrogens with one attached hydrogen (secondary N) is 2. The summed E-state index contributed by atoms with van der Waals surface area (Å²) < 4.78 is 0. The number of hydrogen-bond acceptors (Lipinski definition) is 5. The molecule has 138 valence electrons. The lowest BCUT2D eigenvalue weighted by molar-refractivity contribution is -0.139. The van der Waals surface area contributed by atoms with Crippen LogP contribution in [0.5, 0.6) is 0 Å². The lowest BCUT2D eigenvalue weighted by Gasteiger charge is -2.29. The SMILES string of the molecule is CC1=C(C)C(=O)C(CC[C@@](C)(O)C(=O)N[C@H]2CCCNC2)=C(C)C1=O. The number of hydrogen-bond donors (Lipinski definition) is 3. The van der Waals surface area contributed by atoms with Gasteiger partial charge in [-0.05, 0) is 59.9 Å². The van der Waals surface area contributed by atoms with E-state index in [-0.39, 0.29) is 30.4 Å². The Hall–Kier alpha value is -1.79. The summed E-state index contributed by atoms with van der Waals surface area (Å²) in [5, 5.41) is 16.6. The zero-order valence-electron chi connectivity index (χ0n) is 15.5. The van der Waals surface area contributed by atoms with Gasteiger partial charge in [0.2, 0.25) is 0 Å². The summed E-state index contributed by atoms with van der Waals surface area (Å²) in [7, 11) is 0. The van der Waals surface area contributed by atoms with Crippen molar-refractivity contribution in [2.45, 2.75) is 65.0 Å². The van der Waals surface area contributed by atoms with E-state index >= 15 is 0 Å². The predicted molar refractivity (Wildman–Crippen MR) is 95.0 cm³/mol. The third kappa shape index (κ3) is 4.25. The average Bonchev–Trinajstić information content (AvgIpc) is 2.59. The van der Waals surface area contributed by atoms with E-state index in [4.69, 9.17) is 0 Å². The van der Waals surface area contributed by atoms with Gasteiger partial charge in [-0.25, -0.2) is 0 Å². The van der Waals surface area contributed by atoms with Gasteiger partial charge in [0, 0.05) is 34.9 Å². The number of amides is 1. The first-order valence-corrected chi connectivity index (χ1v) is 8.86. The minimum Gasteiger partial charge on any atom is -0.380 e. The Morgan fingerprint density at radius 1 is 1.20 bits per heavy atom. The van der Waals surface area contributed by atoms with E-state index in [1.807, 2.05) is 0 Å². The summed E-state index contributed by atoms with van der Waals surface area (Å²) in [6.45, 7) is 8.02. The second-order valence-electron chi connectivity index (χ2n) is 7.30. The van der Waals surface area contributed by atoms with Crippen LogP contribution in [0.4, 0.5) is 0 Å². The highest BCUT2D eigenvalue weighted by atomic mass is 16.3. The highest BCUT2D eigenvalue weighted by Gasteiger charge is 2.34. The number of carbonyl (C=O) groups excluding carboxylic acids is 3. The normalized spacial score (nSPS) is 24.4. The van der Waals surface area contributed by atoms with E-state index in [1.54, 1.807) is 20.8 Å². The highest BCUT2D eigenvalue weighted by Crippen LogP contribution is 2.29. The fourth-order valence-electron chi connectivity index (χ4n) is 3.25. The first-order valence-electron chi connectivity index (χ1n) is 8.86. The number of ketones is 2. The van der Waals surface area contributed by atoms with Gasteiger partial charge in [0.15, 0.2) is 11.6 Å². The van der Waals surface area contributed by atoms with E-state index in [0.717, 1.165) is 19.4 Å². The molecule has 1 aliphatic carbocycles. The van der Waals surface area contributed by atoms with Crippen molar-refractivity contribution >= 4 is 17.5 Å². The van der Waals surface area contributed by atoms with Crippen LogP contribution in [-0.2, 0) is 14.4 Å². The van der Waals surface area contributed by atoms with Crippen LogP contribution in [0.3, 0.4) is 0 Å². The van der Waals surface area contributed by atoms with Crippen LogP contribution in [-0.4, -0.2) is 47.3 Å². The largest absolute Gasteiger partial charge is 0.380 e. The zero-order chi connectivity index (χ0) is 18.8. The van der Waals surface area contributed by atoms with Crippen LogP contribution >= 0.6 is 0 Å². The first kappa shape index (κ1) is 19.5. The lowest BCUT2D eigenvalue weighted by Crippen LogP contribution is -2.52. The van der Waals surface area contributed by atoms with Crippen LogP contribution in [0.2, 0.25) is 0 Å². The Balaban J connectivity index is 2.02. The van der Waals surface area contributed by atoms with Gasteiger partial charge in [0.05, 0.1) is 0 Å². The number of carbonyl (C=O) groups is 3. The fourth-order valence-corrected chi connectivity index (χ4v) is 3.25. The summed E-state index contributed by atoms with van der Waals surface area (Å²) in [6.07, 6.45) is 2.16. The summed E-state index contributed by atoms with van der Waals surface area (Å²) in [4.78, 5) is 37.0. The third-order valence-electron chi connectivity index (χ3n) is 5.29. The average molecular weight is 348 g/mol. The number of piperidine rings is 1. The molecule has 1 fully saturated rings. The summed E-state index contributed by atoms with van der Waals surface area (Å²) >= 11 is 0. The monoisotopic (exact) mass is 348 g/mol. The fraction of sp³-hybridized carbons (Fsp3) is 0.632. The molecule has 6 nitrogen and oxygen atoms in total. The molecule has 1 aliphatic heterocycles. The molecule has 1 amide bonds. The minimum atomic E-state index is -1.59. The zero-order valence-corrected chi connectivity index (χ0v) is 15.5. The van der Waals surface area contributed by atoms with E-state index in [0.29, 0.717) is 28.8 Å². The molecule has 2 atom stereocenters. The van der Waals surface area contributed by atoms with Crippen LogP contribution in [0.15, 0.2) is 22.3 Å². The van der Waals surface area contributed by atoms with Crippen molar-refractivity contribution in [3.05, 3.63) is 22.3 Å². The van der Waals surface area contributed by atoms with Gasteiger partial charge >= 0.3 is 0 Å². The van der Waals surface area contributed by atoms with Crippen LogP contribution in [0.25, 0.3) is 0 Å². The number of Topliss-reactive ketones (excluding diaryl/α,β-unsaturated/α-hetero) is 2. The molecule has 0 bridgehead atoms. The molecule has 2 rings (SSSR count). The van der Waals surface area contributed by atoms with E-state index in [9.17, 15) is 19.5 Å². The molecule has 2 aliphatic rings. The van der Waals surface area contributed by atoms with Crippen molar-refractivity contribution in [2.24, 2.45) is 0 Å². The van der Waals surface area contributed by atoms with Gasteiger partial charge in [0.1, 0.15) is 5.60 Å².